The van der Waals surface area contributed by atoms with Gasteiger partial charge in [-0.15, -0.1) is 0 Å². The van der Waals surface area contributed by atoms with Crippen LogP contribution >= 0.6 is 0 Å². The molecule has 0 aliphatic rings. The lowest BCUT2D eigenvalue weighted by Crippen LogP contribution is -1.98. The quantitative estimate of drug-likeness (QED) is 0.172. The van der Waals surface area contributed by atoms with E-state index in [0.29, 0.717) is 5.71 Å². The van der Waals surface area contributed by atoms with E-state index < -0.39 is 0 Å². The Hall–Kier alpha value is -10.7. The molecule has 18 aromatic rings. The van der Waals surface area contributed by atoms with Gasteiger partial charge in [-0.1, -0.05) is 140 Å². The standard InChI is InChI=1S/C70H40N6O2/c1-3-16-42(17-4-1)73-55-26-12-8-22-50(55)65-58(73)34-31-48-46-20-7-11-25-54(46)75(68(48)65)44-39-62-67(71-40-44)53-38-41(30-36-61(53)77-62)45-24-15-28-57-64(45)52-32-35-59-66(51-23-9-13-27-56(51)74(59)43-18-5-2-6-19-43)69(52)76(57)63-37-33-49-47-21-10-14-29-60(47)78-70(49)72-63/h1-40H. The first-order valence-electron chi connectivity index (χ1n) is 26.4. The molecule has 0 fully saturated rings. The molecular weight excluding hydrogens is 957 g/mol. The lowest BCUT2D eigenvalue weighted by atomic mass is 9.97. The number of para-hydroxylation sites is 6. The van der Waals surface area contributed by atoms with Gasteiger partial charge in [0.15, 0.2) is 5.58 Å². The summed E-state index contributed by atoms with van der Waals surface area (Å²) in [7, 11) is 0. The Balaban J connectivity index is 0.862. The van der Waals surface area contributed by atoms with E-state index in [-0.39, 0.29) is 0 Å². The normalized spacial score (nSPS) is 12.4. The summed E-state index contributed by atoms with van der Waals surface area (Å²) in [4.78, 5) is 10.7. The van der Waals surface area contributed by atoms with Gasteiger partial charge in [0.2, 0.25) is 5.71 Å². The van der Waals surface area contributed by atoms with Gasteiger partial charge in [-0.3, -0.25) is 4.57 Å². The molecule has 0 amide bonds. The molecule has 8 nitrogen and oxygen atoms in total. The second kappa shape index (κ2) is 15.4. The monoisotopic (exact) mass is 996 g/mol. The van der Waals surface area contributed by atoms with E-state index in [2.05, 4.69) is 237 Å². The van der Waals surface area contributed by atoms with Crippen LogP contribution in [-0.2, 0) is 0 Å². The Morgan fingerprint density at radius 2 is 0.872 bits per heavy atom. The number of aromatic nitrogens is 6. The van der Waals surface area contributed by atoms with Crippen molar-refractivity contribution in [2.75, 3.05) is 0 Å². The van der Waals surface area contributed by atoms with Gasteiger partial charge in [0.25, 0.3) is 0 Å². The third-order valence-electron chi connectivity index (χ3n) is 16.4. The molecule has 0 radical (unpaired) electrons. The van der Waals surface area contributed by atoms with Crippen LogP contribution in [0.2, 0.25) is 0 Å². The van der Waals surface area contributed by atoms with Crippen molar-refractivity contribution in [1.82, 2.24) is 28.2 Å². The number of hydrogen-bond acceptors (Lipinski definition) is 4. The van der Waals surface area contributed by atoms with E-state index in [1.807, 2.05) is 24.4 Å². The maximum atomic E-state index is 6.83. The molecule has 0 spiro atoms. The first kappa shape index (κ1) is 41.6. The molecule has 0 aliphatic heterocycles. The Kier molecular flexibility index (Phi) is 8.24. The summed E-state index contributed by atoms with van der Waals surface area (Å²) >= 11 is 0. The highest BCUT2D eigenvalue weighted by Gasteiger charge is 2.26. The zero-order chi connectivity index (χ0) is 50.7. The summed E-state index contributed by atoms with van der Waals surface area (Å²) in [6, 6.07) is 84.4. The van der Waals surface area contributed by atoms with Crippen LogP contribution in [0.4, 0.5) is 0 Å². The lowest BCUT2D eigenvalue weighted by Gasteiger charge is -2.10. The molecule has 0 saturated heterocycles. The van der Waals surface area contributed by atoms with E-state index in [0.717, 1.165) is 133 Å². The van der Waals surface area contributed by atoms with Crippen LogP contribution in [0.5, 0.6) is 0 Å². The molecule has 0 saturated carbocycles. The predicted molar refractivity (Wildman–Crippen MR) is 319 cm³/mol. The fourth-order valence-corrected chi connectivity index (χ4v) is 13.2. The molecule has 8 heterocycles. The van der Waals surface area contributed by atoms with Crippen LogP contribution < -0.4 is 0 Å². The van der Waals surface area contributed by atoms with Gasteiger partial charge in [-0.05, 0) is 102 Å². The Bertz CT molecular complexity index is 5580. The first-order chi connectivity index (χ1) is 38.7. The van der Waals surface area contributed by atoms with Gasteiger partial charge in [0.05, 0.1) is 56.0 Å². The summed E-state index contributed by atoms with van der Waals surface area (Å²) in [5, 5.41) is 12.3. The second-order valence-electron chi connectivity index (χ2n) is 20.4. The maximum Gasteiger partial charge on any atom is 0.229 e. The molecule has 8 aromatic heterocycles. The average molecular weight is 997 g/mol. The molecule has 0 atom stereocenters. The molecule has 18 rings (SSSR count). The first-order valence-corrected chi connectivity index (χ1v) is 26.4. The SMILES string of the molecule is c1ccc(-n2c3ccccc3c3c2ccc2c4ccccc4n(-c4cnc5c(c4)oc4ccc(-c6cccc7c6c6ccc8c(c9ccccc9n8-c8ccccc8)c6n7-c6ccc7c(n6)oc6ccccc67)cc45)c23)cc1. The fraction of sp³-hybridized carbons (Fsp3) is 0. The van der Waals surface area contributed by atoms with Crippen LogP contribution in [0.1, 0.15) is 0 Å². The molecule has 10 aromatic carbocycles. The number of fused-ring (bicyclic) bond motifs is 20. The van der Waals surface area contributed by atoms with Gasteiger partial charge in [0.1, 0.15) is 22.5 Å². The van der Waals surface area contributed by atoms with Crippen LogP contribution in [-0.4, -0.2) is 28.2 Å². The van der Waals surface area contributed by atoms with Gasteiger partial charge < -0.3 is 22.5 Å². The maximum absolute atomic E-state index is 6.83. The Morgan fingerprint density at radius 3 is 1.59 bits per heavy atom. The summed E-state index contributed by atoms with van der Waals surface area (Å²) in [5.41, 5.74) is 18.0. The molecule has 0 aliphatic carbocycles. The van der Waals surface area contributed by atoms with E-state index in [1.165, 1.54) is 26.9 Å². The Labute approximate surface area is 443 Å². The number of pyridine rings is 2. The van der Waals surface area contributed by atoms with Gasteiger partial charge in [0, 0.05) is 76.7 Å². The molecule has 0 unspecified atom stereocenters. The topological polar surface area (TPSA) is 71.8 Å². The van der Waals surface area contributed by atoms with Crippen molar-refractivity contribution >= 4 is 131 Å². The van der Waals surface area contributed by atoms with Gasteiger partial charge >= 0.3 is 0 Å². The molecule has 0 N–H and O–H groups in total. The zero-order valence-electron chi connectivity index (χ0n) is 41.6. The van der Waals surface area contributed by atoms with Crippen molar-refractivity contribution in [3.05, 3.63) is 243 Å². The highest BCUT2D eigenvalue weighted by Crippen LogP contribution is 2.47. The van der Waals surface area contributed by atoms with Crippen LogP contribution in [0.25, 0.3) is 165 Å². The smallest absolute Gasteiger partial charge is 0.229 e. The second-order valence-corrected chi connectivity index (χ2v) is 20.4. The van der Waals surface area contributed by atoms with E-state index in [4.69, 9.17) is 18.8 Å². The summed E-state index contributed by atoms with van der Waals surface area (Å²) in [5.74, 6) is 0.782. The third kappa shape index (κ3) is 5.56. The number of benzene rings is 10. The molecular formula is C70H40N6O2. The minimum Gasteiger partial charge on any atom is -0.454 e. The minimum atomic E-state index is 0.605. The molecule has 0 bridgehead atoms. The lowest BCUT2D eigenvalue weighted by molar-refractivity contribution is 0.653. The van der Waals surface area contributed by atoms with Crippen molar-refractivity contribution in [2.45, 2.75) is 0 Å². The Morgan fingerprint density at radius 1 is 0.308 bits per heavy atom. The zero-order valence-corrected chi connectivity index (χ0v) is 41.6. The average Bonchev–Trinajstić information content (AvgIpc) is 4.38. The third-order valence-corrected chi connectivity index (χ3v) is 16.4. The molecule has 78 heavy (non-hydrogen) atoms. The van der Waals surface area contributed by atoms with Crippen molar-refractivity contribution < 1.29 is 8.83 Å². The fourth-order valence-electron chi connectivity index (χ4n) is 13.2. The van der Waals surface area contributed by atoms with E-state index in [9.17, 15) is 0 Å². The summed E-state index contributed by atoms with van der Waals surface area (Å²) in [6.07, 6.45) is 2.02. The van der Waals surface area contributed by atoms with Gasteiger partial charge in [-0.2, -0.15) is 4.98 Å². The van der Waals surface area contributed by atoms with Crippen molar-refractivity contribution in [2.24, 2.45) is 0 Å². The largest absolute Gasteiger partial charge is 0.454 e. The van der Waals surface area contributed by atoms with Crippen LogP contribution in [0, 0.1) is 0 Å². The number of rotatable bonds is 5. The van der Waals surface area contributed by atoms with Crippen molar-refractivity contribution in [3.8, 4) is 34.0 Å². The van der Waals surface area contributed by atoms with Crippen LogP contribution in [0.3, 0.4) is 0 Å². The van der Waals surface area contributed by atoms with E-state index >= 15 is 0 Å². The number of nitrogens with zero attached hydrogens (tertiary/aromatic N) is 6. The summed E-state index contributed by atoms with van der Waals surface area (Å²) < 4.78 is 22.8. The summed E-state index contributed by atoms with van der Waals surface area (Å²) in [6.45, 7) is 0. The van der Waals surface area contributed by atoms with E-state index in [1.54, 1.807) is 0 Å². The minimum absolute atomic E-state index is 0.605. The highest BCUT2D eigenvalue weighted by molar-refractivity contribution is 6.29. The van der Waals surface area contributed by atoms with Crippen molar-refractivity contribution in [3.63, 3.8) is 0 Å². The predicted octanol–water partition coefficient (Wildman–Crippen LogP) is 18.3. The van der Waals surface area contributed by atoms with Crippen LogP contribution in [0.15, 0.2) is 252 Å². The molecule has 362 valence electrons. The molecule has 8 heteroatoms. The highest BCUT2D eigenvalue weighted by atomic mass is 16.3. The van der Waals surface area contributed by atoms with Crippen molar-refractivity contribution in [1.29, 1.82) is 0 Å². The number of furan rings is 2. The van der Waals surface area contributed by atoms with Gasteiger partial charge in [-0.25, -0.2) is 4.98 Å². The number of hydrogen-bond donors (Lipinski definition) is 0.